The van der Waals surface area contributed by atoms with E-state index in [-0.39, 0.29) is 5.91 Å². The van der Waals surface area contributed by atoms with Crippen molar-refractivity contribution < 1.29 is 9.53 Å². The van der Waals surface area contributed by atoms with Crippen LogP contribution in [-0.2, 0) is 4.79 Å². The van der Waals surface area contributed by atoms with Gasteiger partial charge in [0.15, 0.2) is 0 Å². The van der Waals surface area contributed by atoms with Gasteiger partial charge < -0.3 is 20.3 Å². The van der Waals surface area contributed by atoms with Crippen LogP contribution >= 0.6 is 0 Å². The molecule has 2 N–H and O–H groups in total. The Morgan fingerprint density at radius 3 is 2.65 bits per heavy atom. The predicted octanol–water partition coefficient (Wildman–Crippen LogP) is 5.46. The second-order valence-electron chi connectivity index (χ2n) is 10.5. The van der Waals surface area contributed by atoms with Crippen molar-refractivity contribution in [3.8, 4) is 23.3 Å². The van der Waals surface area contributed by atoms with Crippen molar-refractivity contribution in [1.82, 2.24) is 19.9 Å². The maximum atomic E-state index is 12.3. The third-order valence-electron chi connectivity index (χ3n) is 7.52. The van der Waals surface area contributed by atoms with Crippen molar-refractivity contribution in [3.63, 3.8) is 0 Å². The standard InChI is InChI=1S/C32H30N6O2/c1-5-31(39)37-28-14-25-29(13-21(28)7-10-24-26-16-38(4)17-27(24)26)34-18-35-32(25)36-22-8-11-30(19(2)12-22)40-23-9-6-20(3)33-15-23/h5-6,8-9,11-15,18,24,26-27H,1,16-17H2,2-4H3,(H,37,39)(H,34,35,36)/t24?,26-,27+. The third kappa shape index (κ3) is 5.24. The first-order valence-corrected chi connectivity index (χ1v) is 13.3. The van der Waals surface area contributed by atoms with E-state index in [4.69, 9.17) is 4.74 Å². The first-order valence-electron chi connectivity index (χ1n) is 13.3. The van der Waals surface area contributed by atoms with Crippen molar-refractivity contribution >= 4 is 34.0 Å². The van der Waals surface area contributed by atoms with Crippen molar-refractivity contribution in [3.05, 3.63) is 84.5 Å². The fourth-order valence-electron chi connectivity index (χ4n) is 5.33. The zero-order valence-corrected chi connectivity index (χ0v) is 22.7. The molecule has 8 heteroatoms. The first kappa shape index (κ1) is 25.5. The summed E-state index contributed by atoms with van der Waals surface area (Å²) < 4.78 is 6.01. The number of carbonyl (C=O) groups excluding carboxylic acids is 1. The molecule has 1 saturated carbocycles. The van der Waals surface area contributed by atoms with Gasteiger partial charge in [-0.05, 0) is 86.8 Å². The number of aryl methyl sites for hydroxylation is 2. The molecule has 2 aromatic heterocycles. The Morgan fingerprint density at radius 2 is 1.93 bits per heavy atom. The van der Waals surface area contributed by atoms with Crippen LogP contribution in [0.15, 0.2) is 67.6 Å². The van der Waals surface area contributed by atoms with Gasteiger partial charge in [0, 0.05) is 35.8 Å². The van der Waals surface area contributed by atoms with Gasteiger partial charge >= 0.3 is 0 Å². The summed E-state index contributed by atoms with van der Waals surface area (Å²) in [5.74, 6) is 10.2. The monoisotopic (exact) mass is 530 g/mol. The number of anilines is 3. The Morgan fingerprint density at radius 1 is 1.10 bits per heavy atom. The molecule has 2 fully saturated rings. The molecule has 3 heterocycles. The van der Waals surface area contributed by atoms with Gasteiger partial charge in [-0.15, -0.1) is 0 Å². The average Bonchev–Trinajstić information content (AvgIpc) is 3.41. The molecule has 0 radical (unpaired) electrons. The number of likely N-dealkylation sites (tertiary alicyclic amines) is 1. The van der Waals surface area contributed by atoms with E-state index in [9.17, 15) is 4.79 Å². The van der Waals surface area contributed by atoms with Gasteiger partial charge in [-0.3, -0.25) is 9.78 Å². The molecule has 40 heavy (non-hydrogen) atoms. The molecule has 1 aliphatic heterocycles. The second kappa shape index (κ2) is 10.4. The van der Waals surface area contributed by atoms with E-state index in [1.807, 2.05) is 56.3 Å². The van der Waals surface area contributed by atoms with Gasteiger partial charge in [-0.1, -0.05) is 18.4 Å². The van der Waals surface area contributed by atoms with Crippen LogP contribution in [-0.4, -0.2) is 45.9 Å². The summed E-state index contributed by atoms with van der Waals surface area (Å²) in [6.07, 6.45) is 4.49. The molecule has 8 nitrogen and oxygen atoms in total. The van der Waals surface area contributed by atoms with Gasteiger partial charge in [-0.25, -0.2) is 9.97 Å². The number of ether oxygens (including phenoxy) is 1. The Hall–Kier alpha value is -4.74. The Bertz CT molecular complexity index is 1680. The molecule has 0 bridgehead atoms. The number of aromatic nitrogens is 3. The lowest BCUT2D eigenvalue weighted by atomic mass is 10.1. The Balaban J connectivity index is 1.28. The van der Waals surface area contributed by atoms with E-state index in [0.29, 0.717) is 35.0 Å². The van der Waals surface area contributed by atoms with Crippen LogP contribution in [0.25, 0.3) is 10.9 Å². The van der Waals surface area contributed by atoms with E-state index < -0.39 is 0 Å². The normalized spacial score (nSPS) is 19.3. The van der Waals surface area contributed by atoms with Crippen LogP contribution in [0.4, 0.5) is 17.2 Å². The van der Waals surface area contributed by atoms with Gasteiger partial charge in [0.1, 0.15) is 23.6 Å². The zero-order chi connectivity index (χ0) is 27.8. The molecule has 3 atom stereocenters. The largest absolute Gasteiger partial charge is 0.455 e. The molecule has 1 unspecified atom stereocenters. The quantitative estimate of drug-likeness (QED) is 0.253. The fourth-order valence-corrected chi connectivity index (χ4v) is 5.33. The highest BCUT2D eigenvalue weighted by atomic mass is 16.5. The Kier molecular flexibility index (Phi) is 6.66. The summed E-state index contributed by atoms with van der Waals surface area (Å²) in [6.45, 7) is 9.71. The summed E-state index contributed by atoms with van der Waals surface area (Å²) in [6, 6.07) is 13.4. The van der Waals surface area contributed by atoms with Crippen LogP contribution in [0.5, 0.6) is 11.5 Å². The average molecular weight is 531 g/mol. The number of pyridine rings is 1. The van der Waals surface area contributed by atoms with E-state index >= 15 is 0 Å². The molecular weight excluding hydrogens is 500 g/mol. The SMILES string of the molecule is C=CC(=O)Nc1cc2c(Nc3ccc(Oc4ccc(C)nc4)c(C)c3)ncnc2cc1C#CC1[C@H]2CN(C)C[C@@H]12. The lowest BCUT2D eigenvalue weighted by molar-refractivity contribution is -0.111. The van der Waals surface area contributed by atoms with Gasteiger partial charge in [0.05, 0.1) is 23.0 Å². The minimum absolute atomic E-state index is 0.298. The highest BCUT2D eigenvalue weighted by Crippen LogP contribution is 2.50. The number of nitrogens with one attached hydrogen (secondary N) is 2. The molecule has 1 saturated heterocycles. The van der Waals surface area contributed by atoms with Gasteiger partial charge in [0.25, 0.3) is 0 Å². The van der Waals surface area contributed by atoms with E-state index in [1.54, 1.807) is 6.20 Å². The van der Waals surface area contributed by atoms with Crippen molar-refractivity contribution in [2.24, 2.45) is 17.8 Å². The molecule has 2 aromatic carbocycles. The van der Waals surface area contributed by atoms with Crippen LogP contribution in [0.3, 0.4) is 0 Å². The van der Waals surface area contributed by atoms with E-state index in [2.05, 4.69) is 56.0 Å². The topological polar surface area (TPSA) is 92.3 Å². The molecule has 2 aliphatic rings. The highest BCUT2D eigenvalue weighted by molar-refractivity contribution is 6.03. The first-order chi connectivity index (χ1) is 19.4. The lowest BCUT2D eigenvalue weighted by Crippen LogP contribution is -2.18. The van der Waals surface area contributed by atoms with E-state index in [0.717, 1.165) is 52.3 Å². The van der Waals surface area contributed by atoms with Gasteiger partial charge in [-0.2, -0.15) is 0 Å². The van der Waals surface area contributed by atoms with E-state index in [1.165, 1.54) is 12.4 Å². The fraction of sp³-hybridized carbons (Fsp3) is 0.250. The summed E-state index contributed by atoms with van der Waals surface area (Å²) in [5.41, 5.74) is 4.81. The Labute approximate surface area is 233 Å². The number of hydrogen-bond acceptors (Lipinski definition) is 7. The summed E-state index contributed by atoms with van der Waals surface area (Å²) in [5, 5.41) is 7.08. The second-order valence-corrected chi connectivity index (χ2v) is 10.5. The van der Waals surface area contributed by atoms with Crippen molar-refractivity contribution in [1.29, 1.82) is 0 Å². The number of fused-ring (bicyclic) bond motifs is 2. The number of benzene rings is 2. The number of hydrogen-bond donors (Lipinski definition) is 2. The molecular formula is C32H30N6O2. The van der Waals surface area contributed by atoms with Crippen molar-refractivity contribution in [2.45, 2.75) is 13.8 Å². The molecule has 200 valence electrons. The molecule has 1 aliphatic carbocycles. The summed E-state index contributed by atoms with van der Waals surface area (Å²) in [4.78, 5) is 27.9. The van der Waals surface area contributed by atoms with Crippen LogP contribution in [0.1, 0.15) is 16.8 Å². The molecule has 4 aromatic rings. The van der Waals surface area contributed by atoms with Gasteiger partial charge in [0.2, 0.25) is 5.91 Å². The van der Waals surface area contributed by atoms with Crippen molar-refractivity contribution in [2.75, 3.05) is 30.8 Å². The smallest absolute Gasteiger partial charge is 0.247 e. The molecule has 1 amide bonds. The van der Waals surface area contributed by atoms with Crippen LogP contribution < -0.4 is 15.4 Å². The number of carbonyl (C=O) groups is 1. The maximum absolute atomic E-state index is 12.3. The summed E-state index contributed by atoms with van der Waals surface area (Å²) in [7, 11) is 2.15. The molecule has 0 spiro atoms. The third-order valence-corrected chi connectivity index (χ3v) is 7.52. The number of nitrogens with zero attached hydrogens (tertiary/aromatic N) is 4. The van der Waals surface area contributed by atoms with Crippen LogP contribution in [0.2, 0.25) is 0 Å². The molecule has 6 rings (SSSR count). The van der Waals surface area contributed by atoms with Crippen LogP contribution in [0, 0.1) is 43.4 Å². The lowest BCUT2D eigenvalue weighted by Gasteiger charge is -2.14. The zero-order valence-electron chi connectivity index (χ0n) is 22.7. The number of rotatable bonds is 6. The minimum Gasteiger partial charge on any atom is -0.455 e. The predicted molar refractivity (Wildman–Crippen MR) is 157 cm³/mol. The highest BCUT2D eigenvalue weighted by Gasteiger charge is 2.53. The minimum atomic E-state index is -0.298. The number of piperidine rings is 1. The number of amides is 1. The summed E-state index contributed by atoms with van der Waals surface area (Å²) >= 11 is 0. The maximum Gasteiger partial charge on any atom is 0.247 e.